The molecule has 1 aromatic carbocycles. The van der Waals surface area contributed by atoms with Gasteiger partial charge < -0.3 is 10.6 Å². The van der Waals surface area contributed by atoms with Crippen LogP contribution in [0.15, 0.2) is 41.1 Å². The van der Waals surface area contributed by atoms with Crippen molar-refractivity contribution in [3.05, 3.63) is 74.1 Å². The van der Waals surface area contributed by atoms with Crippen molar-refractivity contribution >= 4 is 33.9 Å². The van der Waals surface area contributed by atoms with Gasteiger partial charge in [0, 0.05) is 23.5 Å². The van der Waals surface area contributed by atoms with Gasteiger partial charge in [0.15, 0.2) is 5.65 Å². The van der Waals surface area contributed by atoms with Gasteiger partial charge in [0.25, 0.3) is 5.56 Å². The molecule has 9 nitrogen and oxygen atoms in total. The smallest absolute Gasteiger partial charge is 0.264 e. The number of H-pyrrole nitrogens is 2. The monoisotopic (exact) mass is 470 g/mol. The zero-order chi connectivity index (χ0) is 23.4. The summed E-state index contributed by atoms with van der Waals surface area (Å²) in [5.41, 5.74) is 11.9. The highest BCUT2D eigenvalue weighted by Crippen LogP contribution is 2.51. The van der Waals surface area contributed by atoms with E-state index in [-0.39, 0.29) is 17.0 Å². The number of nitrogens with zero attached hydrogens (tertiary/aromatic N) is 5. The molecule has 0 unspecified atom stereocenters. The fraction of sp³-hybridized carbons (Fsp3) is 0.292. The van der Waals surface area contributed by atoms with Crippen molar-refractivity contribution in [2.24, 2.45) is 11.1 Å². The predicted molar refractivity (Wildman–Crippen MR) is 130 cm³/mol. The molecule has 34 heavy (non-hydrogen) atoms. The fourth-order valence-electron chi connectivity index (χ4n) is 5.24. The van der Waals surface area contributed by atoms with Gasteiger partial charge in [-0.15, -0.1) is 11.3 Å². The number of rotatable bonds is 3. The summed E-state index contributed by atoms with van der Waals surface area (Å²) in [4.78, 5) is 28.6. The number of nitrogens with one attached hydrogen (secondary N) is 2. The zero-order valence-corrected chi connectivity index (χ0v) is 19.2. The molecule has 0 bridgehead atoms. The Hall–Kier alpha value is -3.81. The Morgan fingerprint density at radius 2 is 2.18 bits per heavy atom. The quantitative estimate of drug-likeness (QED) is 0.418. The lowest BCUT2D eigenvalue weighted by Crippen LogP contribution is -2.45. The van der Waals surface area contributed by atoms with Crippen LogP contribution < -0.4 is 16.2 Å². The van der Waals surface area contributed by atoms with Crippen LogP contribution in [0.3, 0.4) is 0 Å². The second-order valence-electron chi connectivity index (χ2n) is 9.02. The summed E-state index contributed by atoms with van der Waals surface area (Å²) in [5.74, 6) is 0.527. The summed E-state index contributed by atoms with van der Waals surface area (Å²) in [6.45, 7) is 5.62. The van der Waals surface area contributed by atoms with E-state index in [1.807, 2.05) is 11.6 Å². The Bertz CT molecular complexity index is 1530. The third-order valence-corrected chi connectivity index (χ3v) is 8.09. The van der Waals surface area contributed by atoms with Gasteiger partial charge in [-0.1, -0.05) is 18.7 Å². The van der Waals surface area contributed by atoms with Crippen molar-refractivity contribution in [1.82, 2.24) is 25.1 Å². The van der Waals surface area contributed by atoms with E-state index in [9.17, 15) is 10.1 Å². The first-order valence-electron chi connectivity index (χ1n) is 11.1. The number of thiazole rings is 1. The largest absolute Gasteiger partial charge is 0.342 e. The first-order chi connectivity index (χ1) is 16.5. The summed E-state index contributed by atoms with van der Waals surface area (Å²) in [7, 11) is 0. The van der Waals surface area contributed by atoms with Crippen LogP contribution in [-0.4, -0.2) is 38.2 Å². The van der Waals surface area contributed by atoms with Gasteiger partial charge in [-0.3, -0.25) is 14.9 Å². The van der Waals surface area contributed by atoms with Crippen LogP contribution in [0.25, 0.3) is 16.6 Å². The molecule has 0 saturated carbocycles. The van der Waals surface area contributed by atoms with Gasteiger partial charge >= 0.3 is 0 Å². The second-order valence-corrected chi connectivity index (χ2v) is 9.96. The zero-order valence-electron chi connectivity index (χ0n) is 18.3. The van der Waals surface area contributed by atoms with Gasteiger partial charge in [-0.05, 0) is 42.4 Å². The first kappa shape index (κ1) is 20.8. The predicted octanol–water partition coefficient (Wildman–Crippen LogP) is 2.88. The Morgan fingerprint density at radius 1 is 1.35 bits per heavy atom. The van der Waals surface area contributed by atoms with Gasteiger partial charge in [-0.2, -0.15) is 15.3 Å². The van der Waals surface area contributed by atoms with E-state index < -0.39 is 0 Å². The van der Waals surface area contributed by atoms with E-state index >= 15 is 0 Å². The van der Waals surface area contributed by atoms with Gasteiger partial charge in [0.05, 0.1) is 28.9 Å². The summed E-state index contributed by atoms with van der Waals surface area (Å²) in [6.07, 6.45) is 2.81. The molecule has 4 heterocycles. The highest BCUT2D eigenvalue weighted by Gasteiger charge is 2.47. The van der Waals surface area contributed by atoms with Crippen molar-refractivity contribution in [3.8, 4) is 6.07 Å². The van der Waals surface area contributed by atoms with Crippen molar-refractivity contribution < 1.29 is 0 Å². The first-order valence-corrected chi connectivity index (χ1v) is 12.0. The van der Waals surface area contributed by atoms with Gasteiger partial charge in [-0.25, -0.2) is 4.98 Å². The molecule has 6 rings (SSSR count). The number of hydrogen-bond acceptors (Lipinski definition) is 8. The number of hydrogen-bond donors (Lipinski definition) is 3. The number of aromatic nitrogens is 5. The summed E-state index contributed by atoms with van der Waals surface area (Å²) in [6, 6.07) is 9.15. The van der Waals surface area contributed by atoms with E-state index in [2.05, 4.69) is 42.7 Å². The molecule has 1 atom stereocenters. The number of fused-ring (bicyclic) bond motifs is 2. The lowest BCUT2D eigenvalue weighted by atomic mass is 9.74. The SMILES string of the molecule is C=C(c1cccc(C#N)c1)c1n[nH]c2nc(N3CCC4(CC3)Cc3scnc3[C@H]4N)[nH]c(=O)c12. The Balaban J connectivity index is 1.26. The van der Waals surface area contributed by atoms with Crippen molar-refractivity contribution in [2.75, 3.05) is 18.0 Å². The molecule has 1 fully saturated rings. The van der Waals surface area contributed by atoms with Crippen LogP contribution in [-0.2, 0) is 6.42 Å². The fourth-order valence-corrected chi connectivity index (χ4v) is 6.21. The number of nitriles is 1. The van der Waals surface area contributed by atoms with Gasteiger partial charge in [0.2, 0.25) is 5.95 Å². The average Bonchev–Trinajstić information content (AvgIpc) is 3.56. The van der Waals surface area contributed by atoms with E-state index in [1.165, 1.54) is 4.88 Å². The molecule has 0 amide bonds. The molecule has 1 saturated heterocycles. The molecule has 0 radical (unpaired) electrons. The molecular weight excluding hydrogens is 448 g/mol. The van der Waals surface area contributed by atoms with Crippen LogP contribution in [0, 0.1) is 16.7 Å². The normalized spacial score (nSPS) is 18.8. The summed E-state index contributed by atoms with van der Waals surface area (Å²) in [5, 5.41) is 16.8. The van der Waals surface area contributed by atoms with Crippen LogP contribution >= 0.6 is 11.3 Å². The molecule has 170 valence electrons. The standard InChI is InChI=1S/C24H22N8OS/c1-13(15-4-2-3-14(9-15)11-25)18-17-21(31-30-18)28-23(29-22(17)33)32-7-5-24(6-8-32)10-16-19(20(24)26)27-12-34-16/h2-4,9,12,20H,1,5-8,10,26H2,(H2,28,29,30,31,33)/t20-/m1/s1. The maximum absolute atomic E-state index is 13.1. The molecule has 1 spiro atoms. The lowest BCUT2D eigenvalue weighted by Gasteiger charge is -2.42. The molecule has 3 aromatic heterocycles. The van der Waals surface area contributed by atoms with Crippen LogP contribution in [0.4, 0.5) is 5.95 Å². The number of piperidine rings is 1. The van der Waals surface area contributed by atoms with E-state index in [0.717, 1.165) is 43.6 Å². The molecule has 2 aliphatic rings. The number of nitrogens with two attached hydrogens (primary N) is 1. The highest BCUT2D eigenvalue weighted by atomic mass is 32.1. The maximum atomic E-state index is 13.1. The van der Waals surface area contributed by atoms with Crippen LogP contribution in [0.2, 0.25) is 0 Å². The van der Waals surface area contributed by atoms with Crippen molar-refractivity contribution in [1.29, 1.82) is 5.26 Å². The average molecular weight is 471 g/mol. The molecule has 1 aliphatic carbocycles. The van der Waals surface area contributed by atoms with Crippen molar-refractivity contribution in [3.63, 3.8) is 0 Å². The van der Waals surface area contributed by atoms with Gasteiger partial charge in [0.1, 0.15) is 11.1 Å². The molecule has 4 aromatic rings. The lowest BCUT2D eigenvalue weighted by molar-refractivity contribution is 0.185. The number of aromatic amines is 2. The molecule has 4 N–H and O–H groups in total. The number of anilines is 1. The van der Waals surface area contributed by atoms with E-state index in [0.29, 0.717) is 33.8 Å². The topological polar surface area (TPSA) is 140 Å². The summed E-state index contributed by atoms with van der Waals surface area (Å²) >= 11 is 1.69. The van der Waals surface area contributed by atoms with E-state index in [1.54, 1.807) is 29.5 Å². The third kappa shape index (κ3) is 3.09. The second kappa shape index (κ2) is 7.62. The van der Waals surface area contributed by atoms with E-state index in [4.69, 9.17) is 5.73 Å². The molecular formula is C24H22N8OS. The molecule has 1 aliphatic heterocycles. The Kier molecular flexibility index (Phi) is 4.65. The van der Waals surface area contributed by atoms with Crippen molar-refractivity contribution in [2.45, 2.75) is 25.3 Å². The van der Waals surface area contributed by atoms with Crippen LogP contribution in [0.5, 0.6) is 0 Å². The Labute approximate surface area is 199 Å². The highest BCUT2D eigenvalue weighted by molar-refractivity contribution is 7.09. The number of benzene rings is 1. The molecule has 10 heteroatoms. The minimum atomic E-state index is -0.273. The third-order valence-electron chi connectivity index (χ3n) is 7.24. The summed E-state index contributed by atoms with van der Waals surface area (Å²) < 4.78 is 0. The maximum Gasteiger partial charge on any atom is 0.264 e. The minimum absolute atomic E-state index is 0.0349. The van der Waals surface area contributed by atoms with Crippen LogP contribution in [0.1, 0.15) is 46.3 Å². The minimum Gasteiger partial charge on any atom is -0.342 e. The Morgan fingerprint density at radius 3 is 2.94 bits per heavy atom.